The zero-order chi connectivity index (χ0) is 16.2. The molecule has 23 heavy (non-hydrogen) atoms. The molecule has 2 atom stereocenters. The number of carbonyl (C=O) groups excluding carboxylic acids is 1. The largest absolute Gasteiger partial charge is 0.327 e. The lowest BCUT2D eigenvalue weighted by atomic mass is 9.83. The molecule has 7 nitrogen and oxygen atoms in total. The fraction of sp³-hybridized carbons (Fsp3) is 0.500. The van der Waals surface area contributed by atoms with Crippen molar-refractivity contribution in [2.45, 2.75) is 45.1 Å². The highest BCUT2D eigenvalue weighted by molar-refractivity contribution is 5.91. The van der Waals surface area contributed by atoms with Crippen LogP contribution in [0, 0.1) is 12.8 Å². The van der Waals surface area contributed by atoms with Gasteiger partial charge >= 0.3 is 0 Å². The molecule has 1 fully saturated rings. The number of rotatable bonds is 4. The van der Waals surface area contributed by atoms with Gasteiger partial charge in [-0.3, -0.25) is 4.79 Å². The predicted molar refractivity (Wildman–Crippen MR) is 87.1 cm³/mol. The SMILES string of the molecule is Cc1ccc(NC(=O)CC2CCCCC2N)cc1-n1cnnn1. The number of anilines is 1. The van der Waals surface area contributed by atoms with Gasteiger partial charge in [0.25, 0.3) is 0 Å². The zero-order valence-corrected chi connectivity index (χ0v) is 13.3. The van der Waals surface area contributed by atoms with E-state index < -0.39 is 0 Å². The Morgan fingerprint density at radius 2 is 2.22 bits per heavy atom. The molecule has 122 valence electrons. The molecule has 1 heterocycles. The summed E-state index contributed by atoms with van der Waals surface area (Å²) in [4.78, 5) is 12.3. The molecule has 0 saturated heterocycles. The van der Waals surface area contributed by atoms with Crippen molar-refractivity contribution in [1.29, 1.82) is 0 Å². The number of tetrazole rings is 1. The third-order valence-corrected chi connectivity index (χ3v) is 4.50. The second kappa shape index (κ2) is 6.87. The molecule has 0 spiro atoms. The van der Waals surface area contributed by atoms with Gasteiger partial charge in [0, 0.05) is 18.2 Å². The van der Waals surface area contributed by atoms with E-state index in [0.29, 0.717) is 6.42 Å². The molecule has 1 saturated carbocycles. The second-order valence-corrected chi connectivity index (χ2v) is 6.22. The molecule has 0 radical (unpaired) electrons. The van der Waals surface area contributed by atoms with E-state index in [1.54, 1.807) is 4.68 Å². The predicted octanol–water partition coefficient (Wildman–Crippen LogP) is 1.82. The number of aromatic nitrogens is 4. The minimum Gasteiger partial charge on any atom is -0.327 e. The maximum atomic E-state index is 12.3. The zero-order valence-electron chi connectivity index (χ0n) is 13.3. The van der Waals surface area contributed by atoms with Crippen molar-refractivity contribution in [2.75, 3.05) is 5.32 Å². The van der Waals surface area contributed by atoms with E-state index in [9.17, 15) is 4.79 Å². The number of carbonyl (C=O) groups is 1. The summed E-state index contributed by atoms with van der Waals surface area (Å²) in [5, 5.41) is 14.2. The summed E-state index contributed by atoms with van der Waals surface area (Å²) in [6.45, 7) is 1.98. The molecule has 2 aromatic rings. The van der Waals surface area contributed by atoms with Crippen molar-refractivity contribution in [3.8, 4) is 5.69 Å². The van der Waals surface area contributed by atoms with Gasteiger partial charge in [0.1, 0.15) is 6.33 Å². The molecular formula is C16H22N6O. The molecule has 0 aliphatic heterocycles. The van der Waals surface area contributed by atoms with Crippen LogP contribution in [0.2, 0.25) is 0 Å². The number of amides is 1. The highest BCUT2D eigenvalue weighted by Gasteiger charge is 2.24. The van der Waals surface area contributed by atoms with Crippen LogP contribution in [0.5, 0.6) is 0 Å². The standard InChI is InChI=1S/C16H22N6O/c1-11-6-7-13(9-15(11)22-10-18-20-21-22)19-16(23)8-12-4-2-3-5-14(12)17/h6-7,9-10,12,14H,2-5,8,17H2,1H3,(H,19,23). The van der Waals surface area contributed by atoms with Crippen LogP contribution in [0.3, 0.4) is 0 Å². The Bertz CT molecular complexity index is 669. The maximum absolute atomic E-state index is 12.3. The lowest BCUT2D eigenvalue weighted by molar-refractivity contribution is -0.117. The number of hydrogen-bond donors (Lipinski definition) is 2. The number of benzene rings is 1. The highest BCUT2D eigenvalue weighted by Crippen LogP contribution is 2.26. The van der Waals surface area contributed by atoms with E-state index in [0.717, 1.165) is 29.8 Å². The number of aryl methyl sites for hydroxylation is 1. The third kappa shape index (κ3) is 3.73. The lowest BCUT2D eigenvalue weighted by Crippen LogP contribution is -2.35. The minimum atomic E-state index is 0.0128. The fourth-order valence-corrected chi connectivity index (χ4v) is 3.15. The van der Waals surface area contributed by atoms with E-state index in [1.165, 1.54) is 19.2 Å². The number of hydrogen-bond acceptors (Lipinski definition) is 5. The first-order chi connectivity index (χ1) is 11.1. The van der Waals surface area contributed by atoms with Crippen LogP contribution in [0.4, 0.5) is 5.69 Å². The van der Waals surface area contributed by atoms with Crippen molar-refractivity contribution < 1.29 is 4.79 Å². The highest BCUT2D eigenvalue weighted by atomic mass is 16.1. The summed E-state index contributed by atoms with van der Waals surface area (Å²) in [5.74, 6) is 0.298. The van der Waals surface area contributed by atoms with Gasteiger partial charge in [0.2, 0.25) is 5.91 Å². The van der Waals surface area contributed by atoms with Gasteiger partial charge in [-0.25, -0.2) is 4.68 Å². The molecule has 7 heteroatoms. The van der Waals surface area contributed by atoms with Gasteiger partial charge in [-0.1, -0.05) is 18.9 Å². The summed E-state index contributed by atoms with van der Waals surface area (Å²) in [6.07, 6.45) is 6.42. The number of nitrogens with one attached hydrogen (secondary N) is 1. The Balaban J connectivity index is 1.68. The Labute approximate surface area is 135 Å². The molecule has 0 bridgehead atoms. The first-order valence-corrected chi connectivity index (χ1v) is 8.03. The molecule has 1 amide bonds. The van der Waals surface area contributed by atoms with E-state index in [4.69, 9.17) is 5.73 Å². The fourth-order valence-electron chi connectivity index (χ4n) is 3.15. The van der Waals surface area contributed by atoms with Crippen LogP contribution in [-0.4, -0.2) is 32.2 Å². The average molecular weight is 314 g/mol. The second-order valence-electron chi connectivity index (χ2n) is 6.22. The van der Waals surface area contributed by atoms with Crippen molar-refractivity contribution in [3.05, 3.63) is 30.1 Å². The van der Waals surface area contributed by atoms with Gasteiger partial charge in [-0.05, 0) is 53.8 Å². The Morgan fingerprint density at radius 3 is 2.96 bits per heavy atom. The molecule has 1 aromatic heterocycles. The smallest absolute Gasteiger partial charge is 0.224 e. The van der Waals surface area contributed by atoms with Crippen molar-refractivity contribution in [3.63, 3.8) is 0 Å². The van der Waals surface area contributed by atoms with Crippen molar-refractivity contribution in [2.24, 2.45) is 11.7 Å². The summed E-state index contributed by atoms with van der Waals surface area (Å²) in [7, 11) is 0. The van der Waals surface area contributed by atoms with E-state index >= 15 is 0 Å². The topological polar surface area (TPSA) is 98.7 Å². The molecule has 3 rings (SSSR count). The number of nitrogens with two attached hydrogens (primary N) is 1. The van der Waals surface area contributed by atoms with E-state index in [2.05, 4.69) is 20.8 Å². The Kier molecular flexibility index (Phi) is 4.66. The normalized spacial score (nSPS) is 21.1. The van der Waals surface area contributed by atoms with Gasteiger partial charge in [0.05, 0.1) is 5.69 Å². The van der Waals surface area contributed by atoms with Crippen LogP contribution in [0.25, 0.3) is 5.69 Å². The van der Waals surface area contributed by atoms with Gasteiger partial charge in [0.15, 0.2) is 0 Å². The lowest BCUT2D eigenvalue weighted by Gasteiger charge is -2.28. The Morgan fingerprint density at radius 1 is 1.39 bits per heavy atom. The van der Waals surface area contributed by atoms with Gasteiger partial charge < -0.3 is 11.1 Å². The number of nitrogens with zero attached hydrogens (tertiary/aromatic N) is 4. The summed E-state index contributed by atoms with van der Waals surface area (Å²) < 4.78 is 1.59. The van der Waals surface area contributed by atoms with Crippen molar-refractivity contribution >= 4 is 11.6 Å². The van der Waals surface area contributed by atoms with E-state index in [-0.39, 0.29) is 17.9 Å². The Hall–Kier alpha value is -2.28. The van der Waals surface area contributed by atoms with Crippen LogP contribution in [-0.2, 0) is 4.79 Å². The summed E-state index contributed by atoms with van der Waals surface area (Å²) >= 11 is 0. The van der Waals surface area contributed by atoms with Crippen LogP contribution >= 0.6 is 0 Å². The van der Waals surface area contributed by atoms with E-state index in [1.807, 2.05) is 25.1 Å². The third-order valence-electron chi connectivity index (χ3n) is 4.50. The quantitative estimate of drug-likeness (QED) is 0.897. The first-order valence-electron chi connectivity index (χ1n) is 8.03. The summed E-state index contributed by atoms with van der Waals surface area (Å²) in [6, 6.07) is 5.86. The maximum Gasteiger partial charge on any atom is 0.224 e. The van der Waals surface area contributed by atoms with Crippen LogP contribution in [0.1, 0.15) is 37.7 Å². The first kappa shape index (κ1) is 15.6. The molecule has 1 aliphatic carbocycles. The molecule has 1 aromatic carbocycles. The van der Waals surface area contributed by atoms with Crippen molar-refractivity contribution in [1.82, 2.24) is 20.2 Å². The van der Waals surface area contributed by atoms with Gasteiger partial charge in [-0.2, -0.15) is 0 Å². The molecular weight excluding hydrogens is 292 g/mol. The van der Waals surface area contributed by atoms with Crippen LogP contribution in [0.15, 0.2) is 24.5 Å². The van der Waals surface area contributed by atoms with Crippen LogP contribution < -0.4 is 11.1 Å². The van der Waals surface area contributed by atoms with Gasteiger partial charge in [-0.15, -0.1) is 5.10 Å². The molecule has 3 N–H and O–H groups in total. The monoisotopic (exact) mass is 314 g/mol. The minimum absolute atomic E-state index is 0.0128. The summed E-state index contributed by atoms with van der Waals surface area (Å²) in [5.41, 5.74) is 8.75. The molecule has 2 unspecified atom stereocenters. The average Bonchev–Trinajstić information content (AvgIpc) is 3.06. The molecule has 1 aliphatic rings.